The summed E-state index contributed by atoms with van der Waals surface area (Å²) in [7, 11) is 0. The van der Waals surface area contributed by atoms with Gasteiger partial charge in [-0.3, -0.25) is 9.59 Å². The van der Waals surface area contributed by atoms with Crippen molar-refractivity contribution in [3.63, 3.8) is 0 Å². The van der Waals surface area contributed by atoms with Crippen LogP contribution in [0.15, 0.2) is 0 Å². The SMILES string of the molecule is C[C@@H](NC(=O)C1(C(=O)N[C@H](C)C2(O)CCCCC2)CCCCC1)C1(O)CCCCC1. The standard InChI is InChI=1S/C24H42N2O4/c1-18(23(29)14-8-4-9-15-23)25-20(27)22(12-6-3-7-13-22)21(28)26-19(2)24(30)16-10-5-11-17-24/h18-19,29-30H,3-17H2,1-2H3,(H,25,27)(H,26,28)/t18-,19-/m1/s1. The first kappa shape index (κ1) is 23.5. The lowest BCUT2D eigenvalue weighted by Gasteiger charge is -2.42. The lowest BCUT2D eigenvalue weighted by atomic mass is 9.71. The molecule has 2 atom stereocenters. The number of hydrogen-bond acceptors (Lipinski definition) is 4. The molecule has 3 aliphatic carbocycles. The molecule has 4 N–H and O–H groups in total. The first-order chi connectivity index (χ1) is 14.2. The lowest BCUT2D eigenvalue weighted by Crippen LogP contribution is -2.61. The van der Waals surface area contributed by atoms with E-state index in [2.05, 4.69) is 10.6 Å². The first-order valence-electron chi connectivity index (χ1n) is 12.3. The van der Waals surface area contributed by atoms with Crippen LogP contribution in [0.3, 0.4) is 0 Å². The van der Waals surface area contributed by atoms with Crippen molar-refractivity contribution in [2.45, 2.75) is 133 Å². The molecule has 0 heterocycles. The summed E-state index contributed by atoms with van der Waals surface area (Å²) >= 11 is 0. The minimum atomic E-state index is -1.10. The van der Waals surface area contributed by atoms with Crippen molar-refractivity contribution in [2.24, 2.45) is 5.41 Å². The quantitative estimate of drug-likeness (QED) is 0.493. The number of amides is 2. The van der Waals surface area contributed by atoms with E-state index in [1.807, 2.05) is 13.8 Å². The molecule has 3 aliphatic rings. The number of carbonyl (C=O) groups excluding carboxylic acids is 2. The largest absolute Gasteiger partial charge is 0.388 e. The highest BCUT2D eigenvalue weighted by molar-refractivity contribution is 6.05. The van der Waals surface area contributed by atoms with E-state index in [-0.39, 0.29) is 23.9 Å². The second-order valence-corrected chi connectivity index (χ2v) is 10.4. The van der Waals surface area contributed by atoms with Crippen LogP contribution in [0.4, 0.5) is 0 Å². The molecule has 0 aromatic carbocycles. The maximum atomic E-state index is 13.4. The molecule has 2 amide bonds. The fourth-order valence-electron chi connectivity index (χ4n) is 5.84. The Bertz CT molecular complexity index is 556. The molecule has 0 spiro atoms. The molecule has 0 aromatic heterocycles. The summed E-state index contributed by atoms with van der Waals surface area (Å²) < 4.78 is 0. The van der Waals surface area contributed by atoms with Gasteiger partial charge >= 0.3 is 0 Å². The van der Waals surface area contributed by atoms with Gasteiger partial charge in [0.1, 0.15) is 5.41 Å². The van der Waals surface area contributed by atoms with Crippen LogP contribution < -0.4 is 10.6 Å². The molecule has 3 saturated carbocycles. The number of carbonyl (C=O) groups is 2. The molecule has 3 fully saturated rings. The Balaban J connectivity index is 1.71. The highest BCUT2D eigenvalue weighted by Gasteiger charge is 2.49. The van der Waals surface area contributed by atoms with Gasteiger partial charge in [-0.05, 0) is 52.4 Å². The van der Waals surface area contributed by atoms with Crippen LogP contribution >= 0.6 is 0 Å². The summed E-state index contributed by atoms with van der Waals surface area (Å²) in [6.45, 7) is 3.73. The number of hydrogen-bond donors (Lipinski definition) is 4. The van der Waals surface area contributed by atoms with Crippen molar-refractivity contribution in [1.82, 2.24) is 10.6 Å². The Labute approximate surface area is 181 Å². The van der Waals surface area contributed by atoms with E-state index in [9.17, 15) is 19.8 Å². The summed E-state index contributed by atoms with van der Waals surface area (Å²) in [5, 5.41) is 28.1. The zero-order valence-electron chi connectivity index (χ0n) is 19.0. The van der Waals surface area contributed by atoms with E-state index in [1.165, 1.54) is 0 Å². The molecule has 0 aliphatic heterocycles. The monoisotopic (exact) mass is 422 g/mol. The molecule has 172 valence electrons. The van der Waals surface area contributed by atoms with Crippen molar-refractivity contribution in [3.8, 4) is 0 Å². The van der Waals surface area contributed by atoms with E-state index in [1.54, 1.807) is 0 Å². The van der Waals surface area contributed by atoms with Gasteiger partial charge in [-0.15, -0.1) is 0 Å². The Morgan fingerprint density at radius 3 is 1.23 bits per heavy atom. The molecule has 30 heavy (non-hydrogen) atoms. The fourth-order valence-corrected chi connectivity index (χ4v) is 5.84. The minimum absolute atomic E-state index is 0.256. The second kappa shape index (κ2) is 9.56. The molecule has 0 bridgehead atoms. The van der Waals surface area contributed by atoms with Crippen molar-refractivity contribution in [2.75, 3.05) is 0 Å². The van der Waals surface area contributed by atoms with Crippen LogP contribution in [0.1, 0.15) is 110 Å². The zero-order chi connectivity index (χ0) is 21.8. The first-order valence-corrected chi connectivity index (χ1v) is 12.3. The number of nitrogens with one attached hydrogen (secondary N) is 2. The molecule has 3 rings (SSSR count). The number of aliphatic hydroxyl groups is 2. The van der Waals surface area contributed by atoms with Crippen LogP contribution in [-0.4, -0.2) is 45.3 Å². The lowest BCUT2D eigenvalue weighted by molar-refractivity contribution is -0.150. The maximum Gasteiger partial charge on any atom is 0.236 e. The predicted octanol–water partition coefficient (Wildman–Crippen LogP) is 3.34. The van der Waals surface area contributed by atoms with Gasteiger partial charge in [-0.1, -0.05) is 57.8 Å². The number of rotatable bonds is 6. The average Bonchev–Trinajstić information content (AvgIpc) is 2.75. The van der Waals surface area contributed by atoms with Gasteiger partial charge in [0.2, 0.25) is 11.8 Å². The van der Waals surface area contributed by atoms with E-state index in [0.29, 0.717) is 38.5 Å². The molecule has 6 nitrogen and oxygen atoms in total. The van der Waals surface area contributed by atoms with Crippen LogP contribution in [-0.2, 0) is 9.59 Å². The highest BCUT2D eigenvalue weighted by atomic mass is 16.3. The third-order valence-electron chi connectivity index (χ3n) is 8.32. The van der Waals surface area contributed by atoms with Gasteiger partial charge < -0.3 is 20.8 Å². The van der Waals surface area contributed by atoms with Crippen molar-refractivity contribution < 1.29 is 19.8 Å². The van der Waals surface area contributed by atoms with Crippen molar-refractivity contribution in [3.05, 3.63) is 0 Å². The van der Waals surface area contributed by atoms with Crippen LogP contribution in [0.5, 0.6) is 0 Å². The van der Waals surface area contributed by atoms with Gasteiger partial charge in [0.15, 0.2) is 0 Å². The third kappa shape index (κ3) is 4.85. The zero-order valence-corrected chi connectivity index (χ0v) is 19.0. The summed E-state index contributed by atoms with van der Waals surface area (Å²) in [6.07, 6.45) is 12.7. The molecular weight excluding hydrogens is 380 g/mol. The molecule has 0 radical (unpaired) electrons. The summed E-state index contributed by atoms with van der Waals surface area (Å²) in [5.41, 5.74) is -2.87. The maximum absolute atomic E-state index is 13.4. The molecule has 0 aromatic rings. The topological polar surface area (TPSA) is 98.7 Å². The smallest absolute Gasteiger partial charge is 0.236 e. The van der Waals surface area contributed by atoms with Gasteiger partial charge in [-0.25, -0.2) is 0 Å². The fraction of sp³-hybridized carbons (Fsp3) is 0.917. The van der Waals surface area contributed by atoms with Gasteiger partial charge in [0.05, 0.1) is 23.3 Å². The predicted molar refractivity (Wildman–Crippen MR) is 117 cm³/mol. The third-order valence-corrected chi connectivity index (χ3v) is 8.32. The Morgan fingerprint density at radius 2 is 0.900 bits per heavy atom. The van der Waals surface area contributed by atoms with E-state index in [4.69, 9.17) is 0 Å². The second-order valence-electron chi connectivity index (χ2n) is 10.4. The molecule has 0 unspecified atom stereocenters. The van der Waals surface area contributed by atoms with Gasteiger partial charge in [0.25, 0.3) is 0 Å². The summed E-state index contributed by atoms with van der Waals surface area (Å²) in [4.78, 5) is 26.9. The van der Waals surface area contributed by atoms with Crippen LogP contribution in [0.25, 0.3) is 0 Å². The normalized spacial score (nSPS) is 27.5. The van der Waals surface area contributed by atoms with Crippen molar-refractivity contribution in [1.29, 1.82) is 0 Å². The minimum Gasteiger partial charge on any atom is -0.388 e. The molecule has 6 heteroatoms. The summed E-state index contributed by atoms with van der Waals surface area (Å²) in [6, 6.07) is -0.756. The summed E-state index contributed by atoms with van der Waals surface area (Å²) in [5.74, 6) is -0.511. The van der Waals surface area contributed by atoms with Gasteiger partial charge in [0, 0.05) is 0 Å². The van der Waals surface area contributed by atoms with Gasteiger partial charge in [-0.2, -0.15) is 0 Å². The van der Waals surface area contributed by atoms with Crippen molar-refractivity contribution >= 4 is 11.8 Å². The Kier molecular flexibility index (Phi) is 7.49. The molecule has 0 saturated heterocycles. The van der Waals surface area contributed by atoms with E-state index in [0.717, 1.165) is 57.8 Å². The average molecular weight is 423 g/mol. The van der Waals surface area contributed by atoms with Crippen LogP contribution in [0.2, 0.25) is 0 Å². The van der Waals surface area contributed by atoms with E-state index >= 15 is 0 Å². The van der Waals surface area contributed by atoms with E-state index < -0.39 is 16.6 Å². The highest BCUT2D eigenvalue weighted by Crippen LogP contribution is 2.39. The Hall–Kier alpha value is -1.14. The Morgan fingerprint density at radius 1 is 0.600 bits per heavy atom. The molecular formula is C24H42N2O4. The van der Waals surface area contributed by atoms with Crippen LogP contribution in [0, 0.1) is 5.41 Å².